The number of nitrogens with zero attached hydrogens (tertiary/aromatic N) is 1. The van der Waals surface area contributed by atoms with Crippen LogP contribution in [0, 0.1) is 5.92 Å². The number of amides is 1. The Morgan fingerprint density at radius 2 is 2.00 bits per heavy atom. The minimum atomic E-state index is 0.264. The van der Waals surface area contributed by atoms with E-state index in [9.17, 15) is 4.79 Å². The molecular formula is C18H26N2OS. The molecule has 0 spiro atoms. The molecule has 0 saturated carbocycles. The van der Waals surface area contributed by atoms with Gasteiger partial charge < -0.3 is 10.2 Å². The molecule has 2 aliphatic rings. The second kappa shape index (κ2) is 8.02. The summed E-state index contributed by atoms with van der Waals surface area (Å²) in [5, 5.41) is 3.40. The lowest BCUT2D eigenvalue weighted by Crippen LogP contribution is -2.41. The van der Waals surface area contributed by atoms with Crippen LogP contribution in [0.25, 0.3) is 0 Å². The summed E-state index contributed by atoms with van der Waals surface area (Å²) in [5.41, 5.74) is 1.28. The van der Waals surface area contributed by atoms with Crippen LogP contribution >= 0.6 is 11.8 Å². The molecule has 120 valence electrons. The van der Waals surface area contributed by atoms with Gasteiger partial charge in [-0.25, -0.2) is 0 Å². The van der Waals surface area contributed by atoms with Crippen LogP contribution in [0.5, 0.6) is 0 Å². The second-order valence-electron chi connectivity index (χ2n) is 6.32. The molecule has 4 heteroatoms. The highest BCUT2D eigenvalue weighted by molar-refractivity contribution is 7.99. The number of thioether (sulfide) groups is 1. The van der Waals surface area contributed by atoms with Gasteiger partial charge in [-0.15, -0.1) is 0 Å². The normalized spacial score (nSPS) is 23.5. The van der Waals surface area contributed by atoms with Crippen LogP contribution in [0.1, 0.15) is 37.3 Å². The monoisotopic (exact) mass is 318 g/mol. The van der Waals surface area contributed by atoms with Crippen LogP contribution in [-0.2, 0) is 4.79 Å². The van der Waals surface area contributed by atoms with Crippen molar-refractivity contribution in [3.05, 3.63) is 35.9 Å². The Kier molecular flexibility index (Phi) is 5.79. The Bertz CT molecular complexity index is 473. The molecule has 2 heterocycles. The third kappa shape index (κ3) is 4.05. The van der Waals surface area contributed by atoms with Crippen molar-refractivity contribution in [3.8, 4) is 0 Å². The minimum Gasteiger partial charge on any atom is -0.334 e. The topological polar surface area (TPSA) is 32.3 Å². The van der Waals surface area contributed by atoms with Gasteiger partial charge in [0.15, 0.2) is 0 Å². The van der Waals surface area contributed by atoms with E-state index in [2.05, 4.69) is 34.5 Å². The molecule has 0 radical (unpaired) electrons. The summed E-state index contributed by atoms with van der Waals surface area (Å²) in [5.74, 6) is 3.19. The Morgan fingerprint density at radius 1 is 1.23 bits per heavy atom. The highest BCUT2D eigenvalue weighted by Gasteiger charge is 2.28. The first-order valence-electron chi connectivity index (χ1n) is 8.47. The molecule has 0 aromatic heterocycles. The summed E-state index contributed by atoms with van der Waals surface area (Å²) in [6.07, 6.45) is 4.24. The summed E-state index contributed by atoms with van der Waals surface area (Å²) in [4.78, 5) is 14.9. The van der Waals surface area contributed by atoms with Crippen molar-refractivity contribution in [2.75, 3.05) is 31.1 Å². The molecular weight excluding hydrogens is 292 g/mol. The zero-order valence-electron chi connectivity index (χ0n) is 13.2. The van der Waals surface area contributed by atoms with Crippen molar-refractivity contribution in [3.63, 3.8) is 0 Å². The Hall–Kier alpha value is -1.00. The lowest BCUT2D eigenvalue weighted by Gasteiger charge is -2.36. The first kappa shape index (κ1) is 15.9. The maximum Gasteiger partial charge on any atom is 0.223 e. The van der Waals surface area contributed by atoms with Crippen LogP contribution in [0.2, 0.25) is 0 Å². The molecule has 1 aromatic carbocycles. The first-order chi connectivity index (χ1) is 10.8. The van der Waals surface area contributed by atoms with E-state index in [1.54, 1.807) is 0 Å². The molecule has 2 fully saturated rings. The minimum absolute atomic E-state index is 0.264. The van der Waals surface area contributed by atoms with Crippen LogP contribution in [0.15, 0.2) is 30.3 Å². The number of hydrogen-bond donors (Lipinski definition) is 1. The van der Waals surface area contributed by atoms with Gasteiger partial charge in [0.2, 0.25) is 5.91 Å². The zero-order valence-corrected chi connectivity index (χ0v) is 14.0. The molecule has 1 atom stereocenters. The van der Waals surface area contributed by atoms with E-state index >= 15 is 0 Å². The van der Waals surface area contributed by atoms with Crippen LogP contribution in [0.3, 0.4) is 0 Å². The summed E-state index contributed by atoms with van der Waals surface area (Å²) in [7, 11) is 0. The van der Waals surface area contributed by atoms with Gasteiger partial charge in [0.05, 0.1) is 6.04 Å². The molecule has 2 aliphatic heterocycles. The SMILES string of the molecule is O=C(CCC1CCNCC1)N1CCSCC1c1ccccc1. The van der Waals surface area contributed by atoms with Gasteiger partial charge in [0.1, 0.15) is 0 Å². The van der Waals surface area contributed by atoms with Crippen LogP contribution in [0.4, 0.5) is 0 Å². The number of benzene rings is 1. The molecule has 3 rings (SSSR count). The van der Waals surface area contributed by atoms with E-state index < -0.39 is 0 Å². The van der Waals surface area contributed by atoms with Crippen molar-refractivity contribution in [2.24, 2.45) is 5.92 Å². The number of rotatable bonds is 4. The molecule has 1 unspecified atom stereocenters. The highest BCUT2D eigenvalue weighted by atomic mass is 32.2. The molecule has 1 N–H and O–H groups in total. The maximum absolute atomic E-state index is 12.7. The number of carbonyl (C=O) groups excluding carboxylic acids is 1. The number of hydrogen-bond acceptors (Lipinski definition) is 3. The number of piperidine rings is 1. The standard InChI is InChI=1S/C18H26N2OS/c21-18(7-6-15-8-10-19-11-9-15)20-12-13-22-14-17(20)16-4-2-1-3-5-16/h1-5,15,17,19H,6-14H2. The molecule has 2 saturated heterocycles. The smallest absolute Gasteiger partial charge is 0.223 e. The molecule has 0 bridgehead atoms. The lowest BCUT2D eigenvalue weighted by molar-refractivity contribution is -0.133. The predicted octanol–water partition coefficient (Wildman–Crippen LogP) is 3.08. The summed E-state index contributed by atoms with van der Waals surface area (Å²) in [6, 6.07) is 10.8. The van der Waals surface area contributed by atoms with E-state index in [1.165, 1.54) is 18.4 Å². The van der Waals surface area contributed by atoms with Crippen molar-refractivity contribution < 1.29 is 4.79 Å². The summed E-state index contributed by atoms with van der Waals surface area (Å²) >= 11 is 1.96. The fourth-order valence-corrected chi connectivity index (χ4v) is 4.58. The van der Waals surface area contributed by atoms with Gasteiger partial charge in [0, 0.05) is 24.5 Å². The van der Waals surface area contributed by atoms with E-state index in [0.717, 1.165) is 49.9 Å². The van der Waals surface area contributed by atoms with Crippen LogP contribution < -0.4 is 5.32 Å². The van der Waals surface area contributed by atoms with E-state index in [1.807, 2.05) is 17.8 Å². The largest absolute Gasteiger partial charge is 0.334 e. The molecule has 1 aromatic rings. The van der Waals surface area contributed by atoms with Gasteiger partial charge in [-0.2, -0.15) is 11.8 Å². The van der Waals surface area contributed by atoms with E-state index in [-0.39, 0.29) is 6.04 Å². The summed E-state index contributed by atoms with van der Waals surface area (Å²) in [6.45, 7) is 3.13. The van der Waals surface area contributed by atoms with Crippen LogP contribution in [-0.4, -0.2) is 41.9 Å². The Morgan fingerprint density at radius 3 is 2.77 bits per heavy atom. The average Bonchev–Trinajstić information content (AvgIpc) is 2.61. The maximum atomic E-state index is 12.7. The molecule has 3 nitrogen and oxygen atoms in total. The quantitative estimate of drug-likeness (QED) is 0.926. The Balaban J connectivity index is 1.59. The van der Waals surface area contributed by atoms with Crippen molar-refractivity contribution >= 4 is 17.7 Å². The first-order valence-corrected chi connectivity index (χ1v) is 9.63. The van der Waals surface area contributed by atoms with E-state index in [4.69, 9.17) is 0 Å². The highest BCUT2D eigenvalue weighted by Crippen LogP contribution is 2.30. The van der Waals surface area contributed by atoms with E-state index in [0.29, 0.717) is 5.91 Å². The van der Waals surface area contributed by atoms with Crippen molar-refractivity contribution in [1.82, 2.24) is 10.2 Å². The zero-order chi connectivity index (χ0) is 15.2. The summed E-state index contributed by atoms with van der Waals surface area (Å²) < 4.78 is 0. The predicted molar refractivity (Wildman–Crippen MR) is 93.0 cm³/mol. The van der Waals surface area contributed by atoms with Gasteiger partial charge in [-0.3, -0.25) is 4.79 Å². The van der Waals surface area contributed by atoms with Gasteiger partial charge >= 0.3 is 0 Å². The second-order valence-corrected chi connectivity index (χ2v) is 7.47. The van der Waals surface area contributed by atoms with Gasteiger partial charge in [-0.05, 0) is 43.8 Å². The third-order valence-electron chi connectivity index (χ3n) is 4.86. The number of nitrogens with one attached hydrogen (secondary N) is 1. The molecule has 22 heavy (non-hydrogen) atoms. The third-order valence-corrected chi connectivity index (χ3v) is 5.88. The molecule has 1 amide bonds. The Labute approximate surface area is 137 Å². The van der Waals surface area contributed by atoms with Crippen molar-refractivity contribution in [2.45, 2.75) is 31.7 Å². The molecule has 0 aliphatic carbocycles. The number of carbonyl (C=O) groups is 1. The lowest BCUT2D eigenvalue weighted by atomic mass is 9.93. The van der Waals surface area contributed by atoms with Gasteiger partial charge in [0.25, 0.3) is 0 Å². The average molecular weight is 318 g/mol. The fraction of sp³-hybridized carbons (Fsp3) is 0.611. The fourth-order valence-electron chi connectivity index (χ4n) is 3.50. The van der Waals surface area contributed by atoms with Gasteiger partial charge in [-0.1, -0.05) is 30.3 Å². The van der Waals surface area contributed by atoms with Crippen molar-refractivity contribution in [1.29, 1.82) is 0 Å².